The first-order chi connectivity index (χ1) is 15.1. The highest BCUT2D eigenvalue weighted by atomic mass is 19.1. The lowest BCUT2D eigenvalue weighted by molar-refractivity contribution is -0.138. The monoisotopic (exact) mass is 418 g/mol. The SMILES string of the molecule is CC1CCCC2C1CCCN2C(=O)CC(c1ccccc1)c1c[nH]c2cccc(F)c12. The molecule has 4 unspecified atom stereocenters. The van der Waals surface area contributed by atoms with Crippen LogP contribution in [-0.2, 0) is 4.79 Å². The predicted molar refractivity (Wildman–Crippen MR) is 122 cm³/mol. The number of nitrogens with one attached hydrogen (secondary N) is 1. The number of hydrogen-bond donors (Lipinski definition) is 1. The van der Waals surface area contributed by atoms with Crippen molar-refractivity contribution in [3.05, 3.63) is 71.7 Å². The van der Waals surface area contributed by atoms with E-state index in [-0.39, 0.29) is 17.6 Å². The number of benzene rings is 2. The molecule has 2 aromatic carbocycles. The fraction of sp³-hybridized carbons (Fsp3) is 0.444. The third-order valence-electron chi connectivity index (χ3n) is 7.68. The number of nitrogens with zero attached hydrogens (tertiary/aromatic N) is 1. The number of carbonyl (C=O) groups is 1. The summed E-state index contributed by atoms with van der Waals surface area (Å²) < 4.78 is 14.8. The van der Waals surface area contributed by atoms with Crippen molar-refractivity contribution in [3.63, 3.8) is 0 Å². The fourth-order valence-corrected chi connectivity index (χ4v) is 6.12. The van der Waals surface area contributed by atoms with Crippen molar-refractivity contribution < 1.29 is 9.18 Å². The highest BCUT2D eigenvalue weighted by Crippen LogP contribution is 2.41. The van der Waals surface area contributed by atoms with Crippen LogP contribution in [-0.4, -0.2) is 28.4 Å². The van der Waals surface area contributed by atoms with Gasteiger partial charge in [-0.25, -0.2) is 4.39 Å². The van der Waals surface area contributed by atoms with Crippen LogP contribution in [0, 0.1) is 17.7 Å². The minimum atomic E-state index is -0.235. The molecule has 1 amide bonds. The minimum Gasteiger partial charge on any atom is -0.361 e. The molecule has 1 aliphatic carbocycles. The highest BCUT2D eigenvalue weighted by molar-refractivity contribution is 5.86. The standard InChI is InChI=1S/C27H31FN2O/c1-18-8-5-14-25-20(18)11-7-15-30(25)26(31)16-21(19-9-3-2-4-10-19)22-17-29-24-13-6-12-23(28)27(22)24/h2-4,6,9-10,12-13,17-18,20-21,25,29H,5,7-8,11,14-16H2,1H3. The van der Waals surface area contributed by atoms with E-state index in [9.17, 15) is 9.18 Å². The Labute approximate surface area is 183 Å². The molecule has 1 N–H and O–H groups in total. The van der Waals surface area contributed by atoms with Crippen molar-refractivity contribution >= 4 is 16.8 Å². The van der Waals surface area contributed by atoms with E-state index in [4.69, 9.17) is 0 Å². The first-order valence-corrected chi connectivity index (χ1v) is 11.7. The largest absolute Gasteiger partial charge is 0.361 e. The fourth-order valence-electron chi connectivity index (χ4n) is 6.12. The number of fused-ring (bicyclic) bond motifs is 2. The Hall–Kier alpha value is -2.62. The molecule has 1 aromatic heterocycles. The first-order valence-electron chi connectivity index (χ1n) is 11.7. The number of carbonyl (C=O) groups excluding carboxylic acids is 1. The summed E-state index contributed by atoms with van der Waals surface area (Å²) in [5, 5.41) is 0.604. The zero-order chi connectivity index (χ0) is 21.4. The summed E-state index contributed by atoms with van der Waals surface area (Å²) in [6.45, 7) is 3.21. The van der Waals surface area contributed by atoms with Gasteiger partial charge in [0.15, 0.2) is 0 Å². The predicted octanol–water partition coefficient (Wildman–Crippen LogP) is 6.26. The van der Waals surface area contributed by atoms with Gasteiger partial charge in [0.25, 0.3) is 0 Å². The zero-order valence-electron chi connectivity index (χ0n) is 18.2. The van der Waals surface area contributed by atoms with Crippen molar-refractivity contribution in [2.45, 2.75) is 57.4 Å². The summed E-state index contributed by atoms with van der Waals surface area (Å²) in [5.41, 5.74) is 2.71. The number of aromatic amines is 1. The normalized spacial score (nSPS) is 24.7. The second-order valence-electron chi connectivity index (χ2n) is 9.44. The topological polar surface area (TPSA) is 36.1 Å². The molecular weight excluding hydrogens is 387 g/mol. The molecule has 1 aliphatic heterocycles. The molecule has 3 aromatic rings. The van der Waals surface area contributed by atoms with Gasteiger partial charge in [0.2, 0.25) is 5.91 Å². The number of halogens is 1. The number of hydrogen-bond acceptors (Lipinski definition) is 1. The van der Waals surface area contributed by atoms with Crippen molar-refractivity contribution in [2.75, 3.05) is 6.54 Å². The van der Waals surface area contributed by atoms with E-state index in [2.05, 4.69) is 28.9 Å². The van der Waals surface area contributed by atoms with Crippen molar-refractivity contribution in [2.24, 2.45) is 11.8 Å². The Kier molecular flexibility index (Phi) is 5.56. The van der Waals surface area contributed by atoms with E-state index in [1.165, 1.54) is 25.3 Å². The lowest BCUT2D eigenvalue weighted by Crippen LogP contribution is -2.51. The number of H-pyrrole nitrogens is 1. The van der Waals surface area contributed by atoms with Crippen molar-refractivity contribution in [1.29, 1.82) is 0 Å². The number of likely N-dealkylation sites (tertiary alicyclic amines) is 1. The maximum absolute atomic E-state index is 14.8. The lowest BCUT2D eigenvalue weighted by atomic mass is 9.72. The number of piperidine rings is 1. The maximum Gasteiger partial charge on any atom is 0.223 e. The van der Waals surface area contributed by atoms with E-state index in [1.807, 2.05) is 30.5 Å². The molecule has 0 radical (unpaired) electrons. The molecular formula is C27H31FN2O. The summed E-state index contributed by atoms with van der Waals surface area (Å²) >= 11 is 0. The van der Waals surface area contributed by atoms with Crippen LogP contribution in [0.4, 0.5) is 4.39 Å². The van der Waals surface area contributed by atoms with Crippen LogP contribution in [0.3, 0.4) is 0 Å². The zero-order valence-corrected chi connectivity index (χ0v) is 18.2. The van der Waals surface area contributed by atoms with E-state index < -0.39 is 0 Å². The molecule has 2 fully saturated rings. The smallest absolute Gasteiger partial charge is 0.223 e. The molecule has 2 aliphatic rings. The Morgan fingerprint density at radius 3 is 2.77 bits per heavy atom. The number of amides is 1. The van der Waals surface area contributed by atoms with E-state index in [0.29, 0.717) is 29.7 Å². The van der Waals surface area contributed by atoms with Gasteiger partial charge in [-0.15, -0.1) is 0 Å². The van der Waals surface area contributed by atoms with Gasteiger partial charge < -0.3 is 9.88 Å². The highest BCUT2D eigenvalue weighted by Gasteiger charge is 2.39. The molecule has 0 bridgehead atoms. The number of rotatable bonds is 4. The van der Waals surface area contributed by atoms with Gasteiger partial charge in [0, 0.05) is 42.0 Å². The molecule has 2 heterocycles. The third kappa shape index (κ3) is 3.77. The molecule has 1 saturated heterocycles. The summed E-state index contributed by atoms with van der Waals surface area (Å²) in [6.07, 6.45) is 8.22. The van der Waals surface area contributed by atoms with Crippen LogP contribution >= 0.6 is 0 Å². The summed E-state index contributed by atoms with van der Waals surface area (Å²) in [7, 11) is 0. The average Bonchev–Trinajstić information content (AvgIpc) is 3.23. The summed E-state index contributed by atoms with van der Waals surface area (Å²) in [5.74, 6) is 1.14. The Morgan fingerprint density at radius 2 is 1.94 bits per heavy atom. The minimum absolute atomic E-state index is 0.166. The van der Waals surface area contributed by atoms with Crippen LogP contribution in [0.2, 0.25) is 0 Å². The van der Waals surface area contributed by atoms with E-state index >= 15 is 0 Å². The average molecular weight is 419 g/mol. The lowest BCUT2D eigenvalue weighted by Gasteiger charge is -2.47. The molecule has 31 heavy (non-hydrogen) atoms. The van der Waals surface area contributed by atoms with Crippen LogP contribution in [0.25, 0.3) is 10.9 Å². The molecule has 3 nitrogen and oxygen atoms in total. The molecule has 1 saturated carbocycles. The van der Waals surface area contributed by atoms with Gasteiger partial charge in [-0.2, -0.15) is 0 Å². The quantitative estimate of drug-likeness (QED) is 0.534. The Bertz CT molecular complexity index is 1060. The molecule has 0 spiro atoms. The van der Waals surface area contributed by atoms with Crippen LogP contribution in [0.15, 0.2) is 54.7 Å². The van der Waals surface area contributed by atoms with E-state index in [1.54, 1.807) is 6.07 Å². The van der Waals surface area contributed by atoms with Crippen LogP contribution in [0.5, 0.6) is 0 Å². The Morgan fingerprint density at radius 1 is 1.10 bits per heavy atom. The summed E-state index contributed by atoms with van der Waals surface area (Å²) in [4.78, 5) is 19.1. The maximum atomic E-state index is 14.8. The summed E-state index contributed by atoms with van der Waals surface area (Å²) in [6, 6.07) is 15.6. The van der Waals surface area contributed by atoms with E-state index in [0.717, 1.165) is 36.0 Å². The van der Waals surface area contributed by atoms with Gasteiger partial charge in [0.1, 0.15) is 5.82 Å². The third-order valence-corrected chi connectivity index (χ3v) is 7.68. The molecule has 162 valence electrons. The van der Waals surface area contributed by atoms with Crippen LogP contribution < -0.4 is 0 Å². The van der Waals surface area contributed by atoms with Crippen LogP contribution in [0.1, 0.15) is 62.5 Å². The molecule has 4 heteroatoms. The second-order valence-corrected chi connectivity index (χ2v) is 9.44. The van der Waals surface area contributed by atoms with Crippen molar-refractivity contribution in [3.8, 4) is 0 Å². The van der Waals surface area contributed by atoms with Gasteiger partial charge >= 0.3 is 0 Å². The van der Waals surface area contributed by atoms with Crippen molar-refractivity contribution in [1.82, 2.24) is 9.88 Å². The van der Waals surface area contributed by atoms with Gasteiger partial charge in [0.05, 0.1) is 0 Å². The van der Waals surface area contributed by atoms with Gasteiger partial charge in [-0.1, -0.05) is 56.2 Å². The molecule has 4 atom stereocenters. The molecule has 5 rings (SSSR count). The first kappa shape index (κ1) is 20.3. The van der Waals surface area contributed by atoms with Gasteiger partial charge in [-0.3, -0.25) is 4.79 Å². The van der Waals surface area contributed by atoms with Gasteiger partial charge in [-0.05, 0) is 54.4 Å². The second kappa shape index (κ2) is 8.49. The number of aromatic nitrogens is 1. The Balaban J connectivity index is 1.49.